The van der Waals surface area contributed by atoms with Gasteiger partial charge in [-0.05, 0) is 24.6 Å². The van der Waals surface area contributed by atoms with Crippen molar-refractivity contribution in [1.29, 1.82) is 5.26 Å². The van der Waals surface area contributed by atoms with Crippen LogP contribution in [0.1, 0.15) is 30.0 Å². The van der Waals surface area contributed by atoms with Gasteiger partial charge in [0.1, 0.15) is 9.90 Å². The van der Waals surface area contributed by atoms with E-state index in [0.29, 0.717) is 11.4 Å². The summed E-state index contributed by atoms with van der Waals surface area (Å²) in [7, 11) is -3.83. The number of thiazole rings is 1. The summed E-state index contributed by atoms with van der Waals surface area (Å²) in [5, 5.41) is 11.4. The van der Waals surface area contributed by atoms with Crippen LogP contribution in [0.4, 0.5) is 0 Å². The Morgan fingerprint density at radius 1 is 1.52 bits per heavy atom. The second-order valence-corrected chi connectivity index (χ2v) is 7.23. The molecule has 2 rings (SSSR count). The van der Waals surface area contributed by atoms with Gasteiger partial charge in [0.2, 0.25) is 10.0 Å². The van der Waals surface area contributed by atoms with E-state index in [1.807, 2.05) is 13.0 Å². The molecule has 110 valence electrons. The van der Waals surface area contributed by atoms with Gasteiger partial charge in [-0.2, -0.15) is 5.26 Å². The first-order valence-electron chi connectivity index (χ1n) is 6.09. The molecule has 1 atom stereocenters. The van der Waals surface area contributed by atoms with Crippen molar-refractivity contribution in [3.8, 4) is 6.07 Å². The molecule has 1 heterocycles. The Morgan fingerprint density at radius 2 is 2.29 bits per heavy atom. The first kappa shape index (κ1) is 15.9. The molecule has 0 radical (unpaired) electrons. The summed E-state index contributed by atoms with van der Waals surface area (Å²) >= 11 is 7.33. The van der Waals surface area contributed by atoms with Crippen molar-refractivity contribution >= 4 is 33.0 Å². The molecule has 8 heteroatoms. The number of nitrogens with one attached hydrogen (secondary N) is 1. The van der Waals surface area contributed by atoms with Crippen LogP contribution in [-0.2, 0) is 10.0 Å². The monoisotopic (exact) mass is 341 g/mol. The minimum absolute atomic E-state index is 0.0792. The highest BCUT2D eigenvalue weighted by atomic mass is 35.5. The van der Waals surface area contributed by atoms with Crippen LogP contribution in [0.2, 0.25) is 5.02 Å². The van der Waals surface area contributed by atoms with E-state index >= 15 is 0 Å². The van der Waals surface area contributed by atoms with Crippen molar-refractivity contribution < 1.29 is 8.42 Å². The molecule has 2 aromatic rings. The quantitative estimate of drug-likeness (QED) is 0.905. The third-order valence-electron chi connectivity index (χ3n) is 2.80. The SMILES string of the molecule is CCC(NS(=O)(=O)c1cc(C#N)ccc1Cl)c1nccs1. The van der Waals surface area contributed by atoms with Crippen LogP contribution in [0.15, 0.2) is 34.7 Å². The number of nitrogens with zero attached hydrogens (tertiary/aromatic N) is 2. The molecule has 0 aliphatic rings. The molecule has 0 fully saturated rings. The van der Waals surface area contributed by atoms with E-state index in [1.165, 1.54) is 29.5 Å². The van der Waals surface area contributed by atoms with Gasteiger partial charge in [0.15, 0.2) is 0 Å². The fraction of sp³-hybridized carbons (Fsp3) is 0.231. The van der Waals surface area contributed by atoms with E-state index in [1.54, 1.807) is 11.6 Å². The first-order chi connectivity index (χ1) is 9.97. The van der Waals surface area contributed by atoms with Crippen molar-refractivity contribution in [3.63, 3.8) is 0 Å². The third kappa shape index (κ3) is 3.60. The Bertz CT molecular complexity index is 767. The number of aromatic nitrogens is 1. The number of hydrogen-bond donors (Lipinski definition) is 1. The fourth-order valence-corrected chi connectivity index (χ4v) is 4.40. The zero-order chi connectivity index (χ0) is 15.5. The summed E-state index contributed by atoms with van der Waals surface area (Å²) in [4.78, 5) is 4.03. The van der Waals surface area contributed by atoms with Crippen molar-refractivity contribution in [3.05, 3.63) is 45.4 Å². The van der Waals surface area contributed by atoms with Crippen LogP contribution in [0.3, 0.4) is 0 Å². The molecule has 5 nitrogen and oxygen atoms in total. The lowest BCUT2D eigenvalue weighted by atomic mass is 10.2. The van der Waals surface area contributed by atoms with E-state index in [9.17, 15) is 8.42 Å². The van der Waals surface area contributed by atoms with Crippen LogP contribution in [0.25, 0.3) is 0 Å². The molecule has 1 aromatic carbocycles. The Kier molecular flexibility index (Phi) is 4.96. The Labute approximate surface area is 132 Å². The highest BCUT2D eigenvalue weighted by Crippen LogP contribution is 2.26. The van der Waals surface area contributed by atoms with Crippen molar-refractivity contribution in [2.45, 2.75) is 24.3 Å². The molecule has 1 aromatic heterocycles. The molecule has 0 aliphatic carbocycles. The number of rotatable bonds is 5. The molecule has 0 aliphatic heterocycles. The van der Waals surface area contributed by atoms with Crippen LogP contribution in [0, 0.1) is 11.3 Å². The minimum atomic E-state index is -3.83. The molecular formula is C13H12ClN3O2S2. The molecule has 0 saturated heterocycles. The van der Waals surface area contributed by atoms with Gasteiger partial charge in [-0.25, -0.2) is 18.1 Å². The molecule has 0 saturated carbocycles. The summed E-state index contributed by atoms with van der Waals surface area (Å²) in [6, 6.07) is 5.62. The highest BCUT2D eigenvalue weighted by molar-refractivity contribution is 7.89. The van der Waals surface area contributed by atoms with Crippen LogP contribution >= 0.6 is 22.9 Å². The van der Waals surface area contributed by atoms with E-state index in [-0.39, 0.29) is 15.5 Å². The minimum Gasteiger partial charge on any atom is -0.248 e. The molecule has 0 bridgehead atoms. The number of nitriles is 1. The number of hydrogen-bond acceptors (Lipinski definition) is 5. The number of benzene rings is 1. The highest BCUT2D eigenvalue weighted by Gasteiger charge is 2.24. The first-order valence-corrected chi connectivity index (χ1v) is 8.83. The van der Waals surface area contributed by atoms with Crippen molar-refractivity contribution in [2.24, 2.45) is 0 Å². The number of sulfonamides is 1. The van der Waals surface area contributed by atoms with E-state index in [0.717, 1.165) is 0 Å². The average molecular weight is 342 g/mol. The lowest BCUT2D eigenvalue weighted by Crippen LogP contribution is -2.28. The lowest BCUT2D eigenvalue weighted by Gasteiger charge is -2.15. The predicted octanol–water partition coefficient (Wildman–Crippen LogP) is 3.10. The van der Waals surface area contributed by atoms with Gasteiger partial charge >= 0.3 is 0 Å². The zero-order valence-electron chi connectivity index (χ0n) is 11.1. The predicted molar refractivity (Wildman–Crippen MR) is 81.6 cm³/mol. The average Bonchev–Trinajstić information content (AvgIpc) is 2.99. The molecule has 0 spiro atoms. The zero-order valence-corrected chi connectivity index (χ0v) is 13.5. The van der Waals surface area contributed by atoms with Gasteiger partial charge < -0.3 is 0 Å². The Morgan fingerprint density at radius 3 is 2.86 bits per heavy atom. The second-order valence-electron chi connectivity index (χ2n) is 4.21. The third-order valence-corrected chi connectivity index (χ3v) is 5.65. The Hall–Kier alpha value is -1.46. The van der Waals surface area contributed by atoms with Crippen molar-refractivity contribution in [2.75, 3.05) is 0 Å². The largest absolute Gasteiger partial charge is 0.248 e. The molecule has 1 N–H and O–H groups in total. The van der Waals surface area contributed by atoms with Gasteiger partial charge in [-0.3, -0.25) is 0 Å². The van der Waals surface area contributed by atoms with Gasteiger partial charge in [0.25, 0.3) is 0 Å². The van der Waals surface area contributed by atoms with E-state index in [4.69, 9.17) is 16.9 Å². The molecule has 1 unspecified atom stereocenters. The lowest BCUT2D eigenvalue weighted by molar-refractivity contribution is 0.549. The standard InChI is InChI=1S/C13H12ClN3O2S2/c1-2-11(13-16-5-6-20-13)17-21(18,19)12-7-9(8-15)3-4-10(12)14/h3-7,11,17H,2H2,1H3. The van der Waals surface area contributed by atoms with Crippen molar-refractivity contribution in [1.82, 2.24) is 9.71 Å². The Balaban J connectivity index is 2.36. The van der Waals surface area contributed by atoms with Crippen LogP contribution in [0.5, 0.6) is 0 Å². The smallest absolute Gasteiger partial charge is 0.242 e. The second kappa shape index (κ2) is 6.54. The topological polar surface area (TPSA) is 82.9 Å². The summed E-state index contributed by atoms with van der Waals surface area (Å²) in [5.74, 6) is 0. The number of halogens is 1. The van der Waals surface area contributed by atoms with Gasteiger partial charge in [0.05, 0.1) is 22.7 Å². The summed E-state index contributed by atoms with van der Waals surface area (Å²) in [6.45, 7) is 1.86. The molecule has 21 heavy (non-hydrogen) atoms. The van der Waals surface area contributed by atoms with Gasteiger partial charge in [0, 0.05) is 11.6 Å². The summed E-state index contributed by atoms with van der Waals surface area (Å²) < 4.78 is 27.5. The maximum Gasteiger partial charge on any atom is 0.242 e. The fourth-order valence-electron chi connectivity index (χ4n) is 1.74. The van der Waals surface area contributed by atoms with E-state index < -0.39 is 16.1 Å². The maximum absolute atomic E-state index is 12.5. The molecule has 0 amide bonds. The van der Waals surface area contributed by atoms with Crippen LogP contribution in [-0.4, -0.2) is 13.4 Å². The van der Waals surface area contributed by atoms with Gasteiger partial charge in [-0.15, -0.1) is 11.3 Å². The summed E-state index contributed by atoms with van der Waals surface area (Å²) in [6.07, 6.45) is 2.18. The van der Waals surface area contributed by atoms with Gasteiger partial charge in [-0.1, -0.05) is 18.5 Å². The van der Waals surface area contributed by atoms with E-state index in [2.05, 4.69) is 9.71 Å². The summed E-state index contributed by atoms with van der Waals surface area (Å²) in [5.41, 5.74) is 0.238. The normalized spacial score (nSPS) is 12.8. The molecular weight excluding hydrogens is 330 g/mol. The maximum atomic E-state index is 12.5. The van der Waals surface area contributed by atoms with Crippen LogP contribution < -0.4 is 4.72 Å².